The van der Waals surface area contributed by atoms with Gasteiger partial charge in [0.05, 0.1) is 0 Å². The number of amides is 1. The van der Waals surface area contributed by atoms with Crippen LogP contribution in [-0.4, -0.2) is 49.8 Å². The predicted octanol–water partition coefficient (Wildman–Crippen LogP) is 4.07. The Morgan fingerprint density at radius 2 is 1.10 bits per heavy atom. The number of hydrazine groups is 2. The number of benzene rings is 4. The van der Waals surface area contributed by atoms with Crippen LogP contribution in [0.25, 0.3) is 0 Å². The zero-order chi connectivity index (χ0) is 35.6. The maximum Gasteiger partial charge on any atom is 1.00 e. The fourth-order valence-electron chi connectivity index (χ4n) is 4.65. The molecule has 0 saturated heterocycles. The summed E-state index contributed by atoms with van der Waals surface area (Å²) in [7, 11) is 0. The smallest absolute Gasteiger partial charge is 0.870 e. The van der Waals surface area contributed by atoms with E-state index in [-0.39, 0.29) is 40.9 Å². The first-order chi connectivity index (χ1) is 23.4. The van der Waals surface area contributed by atoms with E-state index in [1.807, 2.05) is 125 Å². The average molecular weight is 723 g/mol. The van der Waals surface area contributed by atoms with E-state index >= 15 is 0 Å². The van der Waals surface area contributed by atoms with Gasteiger partial charge in [0.2, 0.25) is 11.4 Å². The van der Waals surface area contributed by atoms with Gasteiger partial charge >= 0.3 is 29.6 Å². The molecule has 0 unspecified atom stereocenters. The first-order valence-corrected chi connectivity index (χ1v) is 16.4. The molecule has 2 aliphatic heterocycles. The molecule has 0 aromatic heterocycles. The Balaban J connectivity index is 0.000000285. The SMILES string of the molecule is CC1(C)ON=C(c2ccccc2)N1N.CCc1ccc(C(=O)Cl)cc1.CCc1ccc(C(=O)NN2C(c3ccccc3)=NOC2(C)C)cc1.[Na+].[OH-]. The maximum atomic E-state index is 12.6. The number of hydrogen-bond acceptors (Lipinski definition) is 10. The van der Waals surface area contributed by atoms with Crippen molar-refractivity contribution < 1.29 is 54.3 Å². The number of hydrogen-bond donors (Lipinski definition) is 2. The van der Waals surface area contributed by atoms with E-state index in [2.05, 4.69) is 29.6 Å². The first-order valence-electron chi connectivity index (χ1n) is 16.0. The Kier molecular flexibility index (Phi) is 16.3. The summed E-state index contributed by atoms with van der Waals surface area (Å²) in [6, 6.07) is 34.3. The van der Waals surface area contributed by atoms with E-state index in [1.54, 1.807) is 17.1 Å². The molecule has 0 radical (unpaired) electrons. The average Bonchev–Trinajstić information content (AvgIpc) is 3.57. The third-order valence-corrected chi connectivity index (χ3v) is 7.98. The number of aryl methyl sites for hydroxylation is 2. The van der Waals surface area contributed by atoms with Crippen LogP contribution in [0, 0.1) is 0 Å². The van der Waals surface area contributed by atoms with Crippen molar-refractivity contribution in [3.8, 4) is 0 Å². The number of amidine groups is 2. The summed E-state index contributed by atoms with van der Waals surface area (Å²) in [5.41, 5.74) is 6.99. The Hall–Kier alpha value is -4.23. The topological polar surface area (TPSA) is 152 Å². The number of rotatable bonds is 7. The van der Waals surface area contributed by atoms with E-state index in [4.69, 9.17) is 27.1 Å². The van der Waals surface area contributed by atoms with Crippen LogP contribution in [0.4, 0.5) is 0 Å². The standard InChI is InChI=1S/C19H21N3O2.C10H13N3O.C9H9ClO.Na.H2O/c1-4-14-10-12-16(13-11-14)18(23)20-22-17(21-24-19(22,2)3)15-8-6-5-7-9-15;1-10(2)13(11)9(12-14-10)8-6-4-3-5-7-8;1-2-7-3-5-8(6-4-7)9(10)11;;/h5-13H,4H2,1-3H3,(H,20,23);3-7H,11H2,1-2H3;3-6H,2H2,1H3;;1H2/q;;;+1;/p-1. The summed E-state index contributed by atoms with van der Waals surface area (Å²) in [6.07, 6.45) is 1.93. The van der Waals surface area contributed by atoms with Gasteiger partial charge in [0.25, 0.3) is 11.1 Å². The van der Waals surface area contributed by atoms with Crippen molar-refractivity contribution in [3.05, 3.63) is 143 Å². The normalized spacial score (nSPS) is 14.7. The van der Waals surface area contributed by atoms with Crippen molar-refractivity contribution in [2.24, 2.45) is 16.2 Å². The number of nitrogens with zero attached hydrogens (tertiary/aromatic N) is 4. The fraction of sp³-hybridized carbons (Fsp3) is 0.263. The molecular formula is C38H44ClN6NaO5. The van der Waals surface area contributed by atoms with Gasteiger partial charge in [-0.1, -0.05) is 109 Å². The summed E-state index contributed by atoms with van der Waals surface area (Å²) >= 11 is 5.26. The van der Waals surface area contributed by atoms with Crippen LogP contribution in [0.1, 0.15) is 84.5 Å². The van der Waals surface area contributed by atoms with E-state index in [0.717, 1.165) is 24.0 Å². The van der Waals surface area contributed by atoms with E-state index in [9.17, 15) is 9.59 Å². The van der Waals surface area contributed by atoms with Crippen LogP contribution in [0.2, 0.25) is 0 Å². The molecule has 0 atom stereocenters. The molecule has 13 heteroatoms. The van der Waals surface area contributed by atoms with Gasteiger partial charge < -0.3 is 15.2 Å². The zero-order valence-electron chi connectivity index (χ0n) is 30.1. The number of nitrogens with two attached hydrogens (primary N) is 1. The van der Waals surface area contributed by atoms with Crippen LogP contribution in [-0.2, 0) is 22.5 Å². The second-order valence-corrected chi connectivity index (χ2v) is 12.5. The van der Waals surface area contributed by atoms with Gasteiger partial charge in [0.15, 0.2) is 11.7 Å². The number of halogens is 1. The van der Waals surface area contributed by atoms with Crippen LogP contribution in [0.5, 0.6) is 0 Å². The Bertz CT molecular complexity index is 1770. The Morgan fingerprint density at radius 1 is 0.686 bits per heavy atom. The molecule has 11 nitrogen and oxygen atoms in total. The minimum absolute atomic E-state index is 0. The minimum atomic E-state index is -0.760. The summed E-state index contributed by atoms with van der Waals surface area (Å²) in [5, 5.41) is 10.9. The molecule has 2 heterocycles. The molecule has 1 amide bonds. The van der Waals surface area contributed by atoms with Crippen LogP contribution in [0.15, 0.2) is 120 Å². The van der Waals surface area contributed by atoms with Crippen LogP contribution in [0.3, 0.4) is 0 Å². The van der Waals surface area contributed by atoms with Crippen molar-refractivity contribution in [2.45, 2.75) is 65.8 Å². The maximum absolute atomic E-state index is 12.6. The Morgan fingerprint density at radius 3 is 1.51 bits per heavy atom. The van der Waals surface area contributed by atoms with E-state index in [0.29, 0.717) is 22.8 Å². The van der Waals surface area contributed by atoms with Gasteiger partial charge in [-0.2, -0.15) is 0 Å². The predicted molar refractivity (Wildman–Crippen MR) is 195 cm³/mol. The number of nitrogens with one attached hydrogen (secondary N) is 1. The second-order valence-electron chi connectivity index (χ2n) is 12.2. The number of oxime groups is 2. The van der Waals surface area contributed by atoms with Crippen molar-refractivity contribution in [2.75, 3.05) is 0 Å². The molecule has 4 aromatic carbocycles. The molecule has 0 saturated carbocycles. The quantitative estimate of drug-likeness (QED) is 0.165. The third kappa shape index (κ3) is 11.4. The molecule has 6 rings (SSSR count). The summed E-state index contributed by atoms with van der Waals surface area (Å²) < 4.78 is 0. The van der Waals surface area contributed by atoms with Gasteiger partial charge in [-0.15, -0.1) is 0 Å². The van der Waals surface area contributed by atoms with Crippen molar-refractivity contribution >= 4 is 34.4 Å². The molecule has 0 fully saturated rings. The largest absolute Gasteiger partial charge is 1.00 e. The number of carbonyl (C=O) groups is 2. The fourth-order valence-corrected chi connectivity index (χ4v) is 4.78. The van der Waals surface area contributed by atoms with Gasteiger partial charge in [-0.25, -0.2) is 15.9 Å². The monoisotopic (exact) mass is 722 g/mol. The molecule has 264 valence electrons. The molecule has 0 aliphatic carbocycles. The van der Waals surface area contributed by atoms with Crippen molar-refractivity contribution in [3.63, 3.8) is 0 Å². The molecule has 4 aromatic rings. The first kappa shape index (κ1) is 42.9. The third-order valence-electron chi connectivity index (χ3n) is 7.76. The van der Waals surface area contributed by atoms with Crippen molar-refractivity contribution in [1.29, 1.82) is 0 Å². The second kappa shape index (κ2) is 19.4. The molecule has 51 heavy (non-hydrogen) atoms. The molecule has 0 spiro atoms. The van der Waals surface area contributed by atoms with Gasteiger partial charge in [-0.3, -0.25) is 15.0 Å². The van der Waals surface area contributed by atoms with Crippen molar-refractivity contribution in [1.82, 2.24) is 15.4 Å². The zero-order valence-corrected chi connectivity index (χ0v) is 32.9. The van der Waals surface area contributed by atoms with Gasteiger partial charge in [0, 0.05) is 22.3 Å². The number of carbonyl (C=O) groups excluding carboxylic acids is 2. The summed E-state index contributed by atoms with van der Waals surface area (Å²) in [5.74, 6) is 6.92. The molecule has 0 bridgehead atoms. The van der Waals surface area contributed by atoms with E-state index < -0.39 is 16.7 Å². The van der Waals surface area contributed by atoms with E-state index in [1.165, 1.54) is 16.1 Å². The van der Waals surface area contributed by atoms with Crippen LogP contribution >= 0.6 is 11.6 Å². The van der Waals surface area contributed by atoms with Gasteiger partial charge in [0.1, 0.15) is 0 Å². The molecule has 2 aliphatic rings. The minimum Gasteiger partial charge on any atom is -0.870 e. The Labute approximate surface area is 327 Å². The van der Waals surface area contributed by atoms with Gasteiger partial charge in [-0.05, 0) is 87.5 Å². The van der Waals surface area contributed by atoms with Crippen LogP contribution < -0.4 is 40.8 Å². The molecule has 4 N–H and O–H groups in total. The summed E-state index contributed by atoms with van der Waals surface area (Å²) in [4.78, 5) is 33.9. The summed E-state index contributed by atoms with van der Waals surface area (Å²) in [6.45, 7) is 11.6. The molecular weight excluding hydrogens is 679 g/mol.